The highest BCUT2D eigenvalue weighted by Gasteiger charge is 2.17. The van der Waals surface area contributed by atoms with Crippen molar-refractivity contribution in [3.05, 3.63) is 29.3 Å². The van der Waals surface area contributed by atoms with E-state index >= 15 is 0 Å². The Kier molecular flexibility index (Phi) is 4.58. The van der Waals surface area contributed by atoms with Crippen LogP contribution in [0, 0.1) is 12.3 Å². The Morgan fingerprint density at radius 3 is 2.53 bits per heavy atom. The van der Waals surface area contributed by atoms with E-state index in [1.165, 1.54) is 0 Å². The molecule has 0 aliphatic rings. The molecule has 1 aromatic rings. The molecule has 1 atom stereocenters. The number of phenols is 1. The second-order valence-electron chi connectivity index (χ2n) is 5.68. The molecule has 0 aromatic heterocycles. The van der Waals surface area contributed by atoms with E-state index in [0.29, 0.717) is 11.2 Å². The summed E-state index contributed by atoms with van der Waals surface area (Å²) in [7, 11) is 0. The van der Waals surface area contributed by atoms with Crippen molar-refractivity contribution in [3.8, 4) is 5.75 Å². The molecule has 1 aromatic carbocycles. The van der Waals surface area contributed by atoms with E-state index in [1.807, 2.05) is 25.1 Å². The van der Waals surface area contributed by atoms with E-state index in [-0.39, 0.29) is 6.04 Å². The third-order valence-electron chi connectivity index (χ3n) is 3.50. The Hall–Kier alpha value is -1.02. The number of aromatic hydroxyl groups is 1. The second kappa shape index (κ2) is 5.54. The third kappa shape index (κ3) is 4.04. The van der Waals surface area contributed by atoms with Gasteiger partial charge in [-0.1, -0.05) is 32.9 Å². The summed E-state index contributed by atoms with van der Waals surface area (Å²) >= 11 is 0. The van der Waals surface area contributed by atoms with Crippen LogP contribution in [-0.2, 0) is 0 Å². The average molecular weight is 235 g/mol. The normalized spacial score (nSPS) is 13.7. The Labute approximate surface area is 105 Å². The maximum absolute atomic E-state index is 9.91. The van der Waals surface area contributed by atoms with Gasteiger partial charge in [-0.15, -0.1) is 0 Å². The van der Waals surface area contributed by atoms with Crippen LogP contribution in [0.4, 0.5) is 0 Å². The summed E-state index contributed by atoms with van der Waals surface area (Å²) in [5.74, 6) is 0.388. The van der Waals surface area contributed by atoms with Gasteiger partial charge in [-0.3, -0.25) is 0 Å². The first-order valence-corrected chi connectivity index (χ1v) is 6.38. The van der Waals surface area contributed by atoms with Gasteiger partial charge < -0.3 is 10.4 Å². The van der Waals surface area contributed by atoms with Gasteiger partial charge in [0.15, 0.2) is 0 Å². The van der Waals surface area contributed by atoms with Gasteiger partial charge in [-0.05, 0) is 37.3 Å². The number of hydrogen-bond donors (Lipinski definition) is 2. The van der Waals surface area contributed by atoms with Crippen LogP contribution in [-0.4, -0.2) is 11.7 Å². The highest BCUT2D eigenvalue weighted by atomic mass is 16.3. The molecule has 2 nitrogen and oxygen atoms in total. The number of phenolic OH excluding ortho intramolecular Hbond substituents is 1. The van der Waals surface area contributed by atoms with Crippen molar-refractivity contribution in [1.29, 1.82) is 0 Å². The smallest absolute Gasteiger partial charge is 0.120 e. The summed E-state index contributed by atoms with van der Waals surface area (Å²) in [6, 6.07) is 6.04. The molecule has 0 saturated carbocycles. The molecule has 2 heteroatoms. The first kappa shape index (κ1) is 14.0. The highest BCUT2D eigenvalue weighted by molar-refractivity contribution is 5.37. The topological polar surface area (TPSA) is 32.3 Å². The Bertz CT molecular complexity index is 371. The van der Waals surface area contributed by atoms with Gasteiger partial charge in [0.2, 0.25) is 0 Å². The largest absolute Gasteiger partial charge is 0.508 e. The molecule has 17 heavy (non-hydrogen) atoms. The molecule has 2 N–H and O–H groups in total. The van der Waals surface area contributed by atoms with Crippen molar-refractivity contribution in [2.75, 3.05) is 6.54 Å². The molecular formula is C15H25NO. The van der Waals surface area contributed by atoms with Gasteiger partial charge >= 0.3 is 0 Å². The second-order valence-corrected chi connectivity index (χ2v) is 5.68. The van der Waals surface area contributed by atoms with Crippen molar-refractivity contribution < 1.29 is 5.11 Å². The van der Waals surface area contributed by atoms with Crippen molar-refractivity contribution in [1.82, 2.24) is 5.32 Å². The summed E-state index contributed by atoms with van der Waals surface area (Å²) in [5, 5.41) is 13.4. The molecule has 1 rings (SSSR count). The fourth-order valence-electron chi connectivity index (χ4n) is 1.68. The van der Waals surface area contributed by atoms with E-state index in [2.05, 4.69) is 33.0 Å². The number of rotatable bonds is 5. The summed E-state index contributed by atoms with van der Waals surface area (Å²) in [5.41, 5.74) is 2.36. The van der Waals surface area contributed by atoms with E-state index in [0.717, 1.165) is 24.1 Å². The monoisotopic (exact) mass is 235 g/mol. The molecule has 96 valence electrons. The van der Waals surface area contributed by atoms with Gasteiger partial charge in [-0.25, -0.2) is 0 Å². The van der Waals surface area contributed by atoms with Gasteiger partial charge in [0.1, 0.15) is 5.75 Å². The molecular weight excluding hydrogens is 210 g/mol. The summed E-state index contributed by atoms with van der Waals surface area (Å²) < 4.78 is 0. The lowest BCUT2D eigenvalue weighted by molar-refractivity contribution is 0.312. The van der Waals surface area contributed by atoms with Crippen LogP contribution in [0.2, 0.25) is 0 Å². The molecule has 0 fully saturated rings. The first-order valence-electron chi connectivity index (χ1n) is 6.38. The molecule has 0 radical (unpaired) electrons. The predicted octanol–water partition coefficient (Wildman–Crippen LogP) is 3.79. The van der Waals surface area contributed by atoms with E-state index in [9.17, 15) is 5.11 Å². The maximum Gasteiger partial charge on any atom is 0.120 e. The lowest BCUT2D eigenvalue weighted by Gasteiger charge is -2.26. The van der Waals surface area contributed by atoms with Crippen molar-refractivity contribution in [2.24, 2.45) is 5.41 Å². The average Bonchev–Trinajstić information content (AvgIpc) is 2.26. The van der Waals surface area contributed by atoms with Crippen LogP contribution in [0.1, 0.15) is 51.3 Å². The summed E-state index contributed by atoms with van der Waals surface area (Å²) in [4.78, 5) is 0. The molecule has 0 saturated heterocycles. The zero-order chi connectivity index (χ0) is 13.1. The van der Waals surface area contributed by atoms with E-state index in [1.54, 1.807) is 0 Å². The first-order chi connectivity index (χ1) is 7.85. The summed E-state index contributed by atoms with van der Waals surface area (Å²) in [6.07, 6.45) is 1.15. The van der Waals surface area contributed by atoms with Crippen molar-refractivity contribution in [3.63, 3.8) is 0 Å². The minimum absolute atomic E-state index is 0.182. The minimum Gasteiger partial charge on any atom is -0.508 e. The molecule has 0 amide bonds. The lowest BCUT2D eigenvalue weighted by Crippen LogP contribution is -2.30. The maximum atomic E-state index is 9.91. The van der Waals surface area contributed by atoms with Crippen LogP contribution in [0.5, 0.6) is 5.75 Å². The Morgan fingerprint density at radius 2 is 2.00 bits per heavy atom. The fourth-order valence-corrected chi connectivity index (χ4v) is 1.68. The molecule has 1 unspecified atom stereocenters. The molecule has 0 bridgehead atoms. The molecule has 0 aliphatic carbocycles. The van der Waals surface area contributed by atoms with Crippen LogP contribution >= 0.6 is 0 Å². The van der Waals surface area contributed by atoms with Gasteiger partial charge in [0, 0.05) is 18.2 Å². The van der Waals surface area contributed by atoms with Crippen LogP contribution in [0.25, 0.3) is 0 Å². The predicted molar refractivity (Wildman–Crippen MR) is 73.3 cm³/mol. The fraction of sp³-hybridized carbons (Fsp3) is 0.600. The highest BCUT2D eigenvalue weighted by Crippen LogP contribution is 2.26. The van der Waals surface area contributed by atoms with Gasteiger partial charge in [0.05, 0.1) is 0 Å². The zero-order valence-electron chi connectivity index (χ0n) is 11.7. The molecule has 0 spiro atoms. The number of aryl methyl sites for hydroxylation is 1. The Balaban J connectivity index is 2.67. The minimum atomic E-state index is 0.182. The summed E-state index contributed by atoms with van der Waals surface area (Å²) in [6.45, 7) is 11.7. The number of benzene rings is 1. The van der Waals surface area contributed by atoms with E-state index in [4.69, 9.17) is 0 Å². The van der Waals surface area contributed by atoms with Crippen LogP contribution in [0.15, 0.2) is 18.2 Å². The van der Waals surface area contributed by atoms with Gasteiger partial charge in [-0.2, -0.15) is 0 Å². The van der Waals surface area contributed by atoms with Crippen LogP contribution in [0.3, 0.4) is 0 Å². The Morgan fingerprint density at radius 1 is 1.35 bits per heavy atom. The standard InChI is InChI=1S/C15H25NO/c1-6-15(4,5)10-16-12(3)13-8-7-11(2)9-14(13)17/h7-9,12,16-17H,6,10H2,1-5H3. The van der Waals surface area contributed by atoms with Crippen molar-refractivity contribution in [2.45, 2.75) is 47.1 Å². The quantitative estimate of drug-likeness (QED) is 0.814. The van der Waals surface area contributed by atoms with Crippen LogP contribution < -0.4 is 5.32 Å². The SMILES string of the molecule is CCC(C)(C)CNC(C)c1ccc(C)cc1O. The molecule has 0 aliphatic heterocycles. The van der Waals surface area contributed by atoms with E-state index < -0.39 is 0 Å². The lowest BCUT2D eigenvalue weighted by atomic mass is 9.90. The third-order valence-corrected chi connectivity index (χ3v) is 3.50. The zero-order valence-corrected chi connectivity index (χ0v) is 11.7. The van der Waals surface area contributed by atoms with Gasteiger partial charge in [0.25, 0.3) is 0 Å². The number of hydrogen-bond acceptors (Lipinski definition) is 2. The molecule has 0 heterocycles. The number of nitrogens with one attached hydrogen (secondary N) is 1. The van der Waals surface area contributed by atoms with Crippen molar-refractivity contribution >= 4 is 0 Å².